The number of rotatable bonds is 6. The molecule has 0 bridgehead atoms. The summed E-state index contributed by atoms with van der Waals surface area (Å²) >= 11 is 0. The largest absolute Gasteiger partial charge is 0.383 e. The first-order valence-electron chi connectivity index (χ1n) is 8.57. The predicted molar refractivity (Wildman–Crippen MR) is 76.6 cm³/mol. The van der Waals surface area contributed by atoms with E-state index in [0.717, 1.165) is 12.1 Å². The highest BCUT2D eigenvalue weighted by Crippen LogP contribution is 2.24. The topological polar surface area (TPSA) is 83.9 Å². The van der Waals surface area contributed by atoms with E-state index in [0.29, 0.717) is 4.90 Å². The maximum absolute atomic E-state index is 12.4. The van der Waals surface area contributed by atoms with Crippen LogP contribution >= 0.6 is 0 Å². The summed E-state index contributed by atoms with van der Waals surface area (Å²) in [5.41, 5.74) is -1.28. The third-order valence-corrected chi connectivity index (χ3v) is 3.04. The van der Waals surface area contributed by atoms with Gasteiger partial charge in [-0.3, -0.25) is 9.35 Å². The summed E-state index contributed by atoms with van der Waals surface area (Å²) in [6.45, 7) is -5.95. The molecule has 0 radical (unpaired) electrons. The summed E-state index contributed by atoms with van der Waals surface area (Å²) in [7, 11) is -3.41. The van der Waals surface area contributed by atoms with Crippen LogP contribution in [0.15, 0.2) is 18.2 Å². The molecule has 0 saturated carbocycles. The monoisotopic (exact) mass is 307 g/mol. The fourth-order valence-electron chi connectivity index (χ4n) is 1.61. The lowest BCUT2D eigenvalue weighted by Crippen LogP contribution is -2.38. The van der Waals surface area contributed by atoms with Crippen molar-refractivity contribution in [3.63, 3.8) is 0 Å². The van der Waals surface area contributed by atoms with Gasteiger partial charge in [-0.15, -0.1) is 0 Å². The molecule has 0 atom stereocenters. The van der Waals surface area contributed by atoms with Crippen LogP contribution in [0, 0.1) is 13.7 Å². The molecule has 0 spiro atoms. The second-order valence-corrected chi connectivity index (χ2v) is 5.42. The number of anilines is 1. The molecule has 1 aromatic rings. The molecule has 0 heterocycles. The third-order valence-electron chi connectivity index (χ3n) is 2.43. The maximum Gasteiger partial charge on any atom is 0.274 e. The fraction of sp³-hybridized carbons (Fsp3) is 0.462. The number of carbonyl (C=O) groups excluding carboxylic acids is 1. The summed E-state index contributed by atoms with van der Waals surface area (Å²) in [4.78, 5) is 13.1. The first kappa shape index (κ1) is 9.49. The van der Waals surface area contributed by atoms with Crippen LogP contribution in [-0.2, 0) is 19.6 Å². The zero-order chi connectivity index (χ0) is 20.3. The molecular formula is C13H19NO5S. The Morgan fingerprint density at radius 3 is 2.45 bits per heavy atom. The van der Waals surface area contributed by atoms with Crippen LogP contribution in [0.1, 0.15) is 19.4 Å². The van der Waals surface area contributed by atoms with Gasteiger partial charge in [0.2, 0.25) is 5.91 Å². The van der Waals surface area contributed by atoms with E-state index in [-0.39, 0.29) is 13.2 Å². The van der Waals surface area contributed by atoms with Crippen molar-refractivity contribution in [3.8, 4) is 0 Å². The van der Waals surface area contributed by atoms with Crippen molar-refractivity contribution in [2.24, 2.45) is 0 Å². The molecular weight excluding hydrogens is 282 g/mol. The summed E-state index contributed by atoms with van der Waals surface area (Å²) < 4.78 is 81.6. The van der Waals surface area contributed by atoms with Crippen LogP contribution in [-0.4, -0.2) is 44.9 Å². The first-order chi connectivity index (χ1) is 11.7. The van der Waals surface area contributed by atoms with E-state index in [1.54, 1.807) is 0 Å². The number of aryl methyl sites for hydroxylation is 2. The number of amides is 1. The highest BCUT2D eigenvalue weighted by atomic mass is 32.2. The van der Waals surface area contributed by atoms with Crippen molar-refractivity contribution in [1.82, 2.24) is 0 Å². The molecule has 1 N–H and O–H groups in total. The minimum Gasteiger partial charge on any atom is -0.383 e. The van der Waals surface area contributed by atoms with E-state index in [2.05, 4.69) is 0 Å². The summed E-state index contributed by atoms with van der Waals surface area (Å²) in [6.07, 6.45) is 0. The lowest BCUT2D eigenvalue weighted by molar-refractivity contribution is -0.116. The van der Waals surface area contributed by atoms with Gasteiger partial charge in [0, 0.05) is 27.6 Å². The molecule has 20 heavy (non-hydrogen) atoms. The highest BCUT2D eigenvalue weighted by molar-refractivity contribution is 7.86. The predicted octanol–water partition coefficient (Wildman–Crippen LogP) is 1.17. The SMILES string of the molecule is [2H]C([2H])([2H])c1cccc(C([2H])([2H])[2H])c1N(CCOC)C(=O)CS(=O)(=O)O. The van der Waals surface area contributed by atoms with Crippen LogP contribution in [0.5, 0.6) is 0 Å². The molecule has 0 unspecified atom stereocenters. The number of benzene rings is 1. The van der Waals surface area contributed by atoms with E-state index < -0.39 is 52.3 Å². The smallest absolute Gasteiger partial charge is 0.274 e. The molecule has 1 amide bonds. The zero-order valence-corrected chi connectivity index (χ0v) is 11.6. The number of nitrogens with zero attached hydrogens (tertiary/aromatic N) is 1. The van der Waals surface area contributed by atoms with Crippen molar-refractivity contribution in [3.05, 3.63) is 29.3 Å². The van der Waals surface area contributed by atoms with Gasteiger partial charge in [-0.05, 0) is 24.8 Å². The average Bonchev–Trinajstić information content (AvgIpc) is 2.43. The molecule has 1 aromatic carbocycles. The van der Waals surface area contributed by atoms with Crippen LogP contribution in [0.3, 0.4) is 0 Å². The van der Waals surface area contributed by atoms with Crippen LogP contribution in [0.25, 0.3) is 0 Å². The molecule has 0 fully saturated rings. The molecule has 7 heteroatoms. The van der Waals surface area contributed by atoms with Crippen molar-refractivity contribution < 1.29 is 30.7 Å². The average molecular weight is 307 g/mol. The molecule has 0 aromatic heterocycles. The van der Waals surface area contributed by atoms with Gasteiger partial charge in [0.05, 0.1) is 6.61 Å². The van der Waals surface area contributed by atoms with E-state index >= 15 is 0 Å². The Hall–Kier alpha value is -1.44. The number of methoxy groups -OCH3 is 1. The van der Waals surface area contributed by atoms with Gasteiger partial charge in [-0.2, -0.15) is 8.42 Å². The summed E-state index contributed by atoms with van der Waals surface area (Å²) in [5, 5.41) is 0. The number of carbonyl (C=O) groups is 1. The Labute approximate surface area is 127 Å². The van der Waals surface area contributed by atoms with E-state index in [9.17, 15) is 13.2 Å². The number of hydrogen-bond donors (Lipinski definition) is 1. The lowest BCUT2D eigenvalue weighted by Gasteiger charge is -2.25. The van der Waals surface area contributed by atoms with Crippen LogP contribution in [0.2, 0.25) is 0 Å². The van der Waals surface area contributed by atoms with Gasteiger partial charge < -0.3 is 9.64 Å². The van der Waals surface area contributed by atoms with Crippen molar-refractivity contribution >= 4 is 21.7 Å². The zero-order valence-electron chi connectivity index (χ0n) is 16.8. The molecule has 0 aliphatic heterocycles. The molecule has 0 aliphatic rings. The summed E-state index contributed by atoms with van der Waals surface area (Å²) in [6, 6.07) is 3.50. The minimum absolute atomic E-state index is 0.118. The third kappa shape index (κ3) is 4.59. The van der Waals surface area contributed by atoms with Gasteiger partial charge >= 0.3 is 0 Å². The Balaban J connectivity index is 3.68. The van der Waals surface area contributed by atoms with Crippen molar-refractivity contribution in [2.45, 2.75) is 13.7 Å². The quantitative estimate of drug-likeness (QED) is 0.798. The Morgan fingerprint density at radius 2 is 2.00 bits per heavy atom. The van der Waals surface area contributed by atoms with E-state index in [4.69, 9.17) is 17.5 Å². The van der Waals surface area contributed by atoms with Crippen molar-refractivity contribution in [2.75, 3.05) is 30.9 Å². The van der Waals surface area contributed by atoms with E-state index in [1.807, 2.05) is 0 Å². The van der Waals surface area contributed by atoms with Gasteiger partial charge in [-0.1, -0.05) is 18.2 Å². The maximum atomic E-state index is 12.4. The van der Waals surface area contributed by atoms with Crippen LogP contribution < -0.4 is 4.90 Å². The molecule has 6 nitrogen and oxygen atoms in total. The standard InChI is InChI=1S/C13H19NO5S/c1-10-5-4-6-11(2)13(10)14(7-8-19-3)12(15)9-20(16,17)18/h4-6H,7-9H2,1-3H3,(H,16,17,18)/i1D3,2D3. The van der Waals surface area contributed by atoms with Gasteiger partial charge in [0.1, 0.15) is 0 Å². The second kappa shape index (κ2) is 6.83. The Kier molecular flexibility index (Phi) is 3.24. The highest BCUT2D eigenvalue weighted by Gasteiger charge is 2.23. The number of hydrogen-bond acceptors (Lipinski definition) is 4. The Bertz CT molecular complexity index is 727. The number of para-hydroxylation sites is 1. The molecule has 0 aliphatic carbocycles. The van der Waals surface area contributed by atoms with Gasteiger partial charge in [0.15, 0.2) is 5.75 Å². The molecule has 1 rings (SSSR count). The first-order valence-corrected chi connectivity index (χ1v) is 7.18. The molecule has 0 saturated heterocycles. The van der Waals surface area contributed by atoms with Crippen LogP contribution in [0.4, 0.5) is 5.69 Å². The summed E-state index contributed by atoms with van der Waals surface area (Å²) in [5.74, 6) is -2.50. The second-order valence-electron chi connectivity index (χ2n) is 3.97. The number of ether oxygens (including phenoxy) is 1. The normalized spacial score (nSPS) is 17.1. The van der Waals surface area contributed by atoms with Gasteiger partial charge in [-0.25, -0.2) is 0 Å². The minimum atomic E-state index is -4.71. The Morgan fingerprint density at radius 1 is 1.40 bits per heavy atom. The lowest BCUT2D eigenvalue weighted by atomic mass is 10.1. The van der Waals surface area contributed by atoms with E-state index in [1.165, 1.54) is 13.2 Å². The van der Waals surface area contributed by atoms with Crippen molar-refractivity contribution in [1.29, 1.82) is 0 Å². The van der Waals surface area contributed by atoms with Gasteiger partial charge in [0.25, 0.3) is 10.1 Å². The molecule has 112 valence electrons. The fourth-order valence-corrected chi connectivity index (χ4v) is 2.08.